The van der Waals surface area contributed by atoms with Crippen molar-refractivity contribution in [2.75, 3.05) is 25.5 Å². The number of nitrogens with zero attached hydrogens (tertiary/aromatic N) is 4. The van der Waals surface area contributed by atoms with Crippen LogP contribution < -0.4 is 5.73 Å². The summed E-state index contributed by atoms with van der Waals surface area (Å²) in [5.41, 5.74) is 6.62. The fraction of sp³-hybridized carbons (Fsp3) is 0.667. The van der Waals surface area contributed by atoms with E-state index in [4.69, 9.17) is 15.6 Å². The molecule has 3 aliphatic rings. The monoisotopic (exact) mass is 463 g/mol. The van der Waals surface area contributed by atoms with Crippen molar-refractivity contribution in [1.29, 1.82) is 0 Å². The summed E-state index contributed by atoms with van der Waals surface area (Å²) in [5.74, 6) is 1.16. The van der Waals surface area contributed by atoms with Crippen LogP contribution >= 0.6 is 0 Å². The van der Waals surface area contributed by atoms with Crippen LogP contribution in [0.5, 0.6) is 0 Å². The van der Waals surface area contributed by atoms with Gasteiger partial charge in [0.25, 0.3) is 0 Å². The number of hydrogen-bond donors (Lipinski definition) is 1. The lowest BCUT2D eigenvalue weighted by atomic mass is 10.0. The summed E-state index contributed by atoms with van der Waals surface area (Å²) in [6.07, 6.45) is 0.0815. The summed E-state index contributed by atoms with van der Waals surface area (Å²) < 4.78 is 47.7. The van der Waals surface area contributed by atoms with Gasteiger partial charge in [-0.1, -0.05) is 6.92 Å². The summed E-state index contributed by atoms with van der Waals surface area (Å²) in [6, 6.07) is 4.28. The normalized spacial score (nSPS) is 30.9. The quantitative estimate of drug-likeness (QED) is 0.694. The van der Waals surface area contributed by atoms with E-state index < -0.39 is 17.6 Å². The number of pyridine rings is 1. The molecule has 1 saturated heterocycles. The van der Waals surface area contributed by atoms with E-state index in [0.717, 1.165) is 37.9 Å². The molecule has 3 heterocycles. The zero-order valence-corrected chi connectivity index (χ0v) is 19.3. The maximum absolute atomic E-state index is 13.4. The van der Waals surface area contributed by atoms with Crippen molar-refractivity contribution in [1.82, 2.24) is 19.7 Å². The van der Waals surface area contributed by atoms with Crippen molar-refractivity contribution in [2.45, 2.75) is 70.3 Å². The van der Waals surface area contributed by atoms with Gasteiger partial charge in [0.2, 0.25) is 0 Å². The number of fused-ring (bicyclic) bond motifs is 1. The van der Waals surface area contributed by atoms with Crippen LogP contribution in [0, 0.1) is 11.8 Å². The summed E-state index contributed by atoms with van der Waals surface area (Å²) in [4.78, 5) is 6.41. The molecule has 0 bridgehead atoms. The average Bonchev–Trinajstić information content (AvgIpc) is 3.12. The molecule has 6 nitrogen and oxygen atoms in total. The first-order chi connectivity index (χ1) is 15.7. The Morgan fingerprint density at radius 1 is 1.24 bits per heavy atom. The lowest BCUT2D eigenvalue weighted by molar-refractivity contribution is -0.137. The lowest BCUT2D eigenvalue weighted by Crippen LogP contribution is -2.49. The van der Waals surface area contributed by atoms with Crippen LogP contribution in [0.3, 0.4) is 0 Å². The number of aromatic nitrogens is 3. The van der Waals surface area contributed by atoms with E-state index in [1.807, 2.05) is 10.7 Å². The number of anilines is 1. The van der Waals surface area contributed by atoms with Crippen LogP contribution in [0.2, 0.25) is 0 Å². The van der Waals surface area contributed by atoms with E-state index in [2.05, 4.69) is 30.7 Å². The van der Waals surface area contributed by atoms with Crippen LogP contribution in [-0.4, -0.2) is 51.5 Å². The second-order valence-electron chi connectivity index (χ2n) is 9.95. The molecule has 2 aliphatic carbocycles. The van der Waals surface area contributed by atoms with Crippen molar-refractivity contribution in [3.63, 3.8) is 0 Å². The standard InChI is InChI=1S/C24H32F3N5O/c1-4-13(2)32-21(10-20(30-32)15-7-19(24(25,26)27)23(28)29-11-15)22-17-8-16(9-18(17)22)31-5-6-33-12-14(31)3/h7,10-11,13-14,16-18,22H,4-6,8-9,12H2,1-3H3,(H2,28,29)/t13?,14-,16?,17-,18+,22+/m0/s1. The molecule has 2 N–H and O–H groups in total. The van der Waals surface area contributed by atoms with Crippen LogP contribution in [0.15, 0.2) is 18.3 Å². The molecule has 2 unspecified atom stereocenters. The molecule has 3 fully saturated rings. The fourth-order valence-electron chi connectivity index (χ4n) is 5.97. The number of halogens is 3. The van der Waals surface area contributed by atoms with Gasteiger partial charge >= 0.3 is 6.18 Å². The van der Waals surface area contributed by atoms with E-state index in [9.17, 15) is 13.2 Å². The zero-order chi connectivity index (χ0) is 23.5. The highest BCUT2D eigenvalue weighted by atomic mass is 19.4. The Hall–Kier alpha value is -2.13. The Labute approximate surface area is 192 Å². The molecule has 2 saturated carbocycles. The Kier molecular flexibility index (Phi) is 5.68. The second-order valence-corrected chi connectivity index (χ2v) is 9.95. The maximum atomic E-state index is 13.4. The van der Waals surface area contributed by atoms with Gasteiger partial charge in [0, 0.05) is 48.0 Å². The molecule has 0 radical (unpaired) electrons. The number of morpholine rings is 1. The minimum atomic E-state index is -4.55. The first-order valence-electron chi connectivity index (χ1n) is 11.9. The van der Waals surface area contributed by atoms with Crippen LogP contribution in [-0.2, 0) is 10.9 Å². The summed E-state index contributed by atoms with van der Waals surface area (Å²) in [6.45, 7) is 9.05. The van der Waals surface area contributed by atoms with Crippen LogP contribution in [0.1, 0.15) is 63.3 Å². The fourth-order valence-corrected chi connectivity index (χ4v) is 5.97. The summed E-state index contributed by atoms with van der Waals surface area (Å²) >= 11 is 0. The predicted octanol–water partition coefficient (Wildman–Crippen LogP) is 4.73. The molecule has 9 heteroatoms. The highest BCUT2D eigenvalue weighted by molar-refractivity contribution is 5.63. The van der Waals surface area contributed by atoms with Crippen molar-refractivity contribution >= 4 is 5.82 Å². The molecular weight excluding hydrogens is 431 g/mol. The lowest BCUT2D eigenvalue weighted by Gasteiger charge is -2.38. The van der Waals surface area contributed by atoms with E-state index in [-0.39, 0.29) is 6.04 Å². The van der Waals surface area contributed by atoms with Gasteiger partial charge in [-0.05, 0) is 57.1 Å². The SMILES string of the molecule is CCC(C)n1nc(-c2cnc(N)c(C(F)(F)F)c2)cc1[C@H]1[C@@H]2CC(N3CCOC[C@@H]3C)C[C@@H]21. The van der Waals surface area contributed by atoms with E-state index in [0.29, 0.717) is 41.1 Å². The molecule has 180 valence electrons. The Balaban J connectivity index is 1.40. The van der Waals surface area contributed by atoms with E-state index in [1.165, 1.54) is 19.0 Å². The minimum absolute atomic E-state index is 0.175. The van der Waals surface area contributed by atoms with Gasteiger partial charge in [0.05, 0.1) is 24.5 Å². The zero-order valence-electron chi connectivity index (χ0n) is 19.3. The number of rotatable bonds is 5. The average molecular weight is 464 g/mol. The maximum Gasteiger partial charge on any atom is 0.419 e. The minimum Gasteiger partial charge on any atom is -0.383 e. The molecule has 2 aromatic heterocycles. The third kappa shape index (κ3) is 4.03. The third-order valence-corrected chi connectivity index (χ3v) is 7.94. The largest absolute Gasteiger partial charge is 0.419 e. The number of hydrogen-bond acceptors (Lipinski definition) is 5. The Morgan fingerprint density at radius 3 is 2.61 bits per heavy atom. The van der Waals surface area contributed by atoms with Gasteiger partial charge in [-0.15, -0.1) is 0 Å². The number of ether oxygens (including phenoxy) is 1. The summed E-state index contributed by atoms with van der Waals surface area (Å²) in [7, 11) is 0. The van der Waals surface area contributed by atoms with E-state index >= 15 is 0 Å². The molecule has 1 aliphatic heterocycles. The molecular formula is C24H32F3N5O. The van der Waals surface area contributed by atoms with Gasteiger partial charge in [0.15, 0.2) is 0 Å². The topological polar surface area (TPSA) is 69.2 Å². The number of nitrogens with two attached hydrogens (primary N) is 1. The predicted molar refractivity (Wildman–Crippen MR) is 120 cm³/mol. The number of alkyl halides is 3. The Bertz CT molecular complexity index is 1010. The summed E-state index contributed by atoms with van der Waals surface area (Å²) in [5, 5.41) is 4.76. The van der Waals surface area contributed by atoms with Crippen molar-refractivity contribution < 1.29 is 17.9 Å². The van der Waals surface area contributed by atoms with Crippen molar-refractivity contribution in [3.8, 4) is 11.3 Å². The van der Waals surface area contributed by atoms with Gasteiger partial charge in [0.1, 0.15) is 5.82 Å². The molecule has 0 spiro atoms. The molecule has 0 aromatic carbocycles. The van der Waals surface area contributed by atoms with Gasteiger partial charge in [-0.2, -0.15) is 18.3 Å². The van der Waals surface area contributed by atoms with Crippen molar-refractivity contribution in [3.05, 3.63) is 29.6 Å². The smallest absolute Gasteiger partial charge is 0.383 e. The third-order valence-electron chi connectivity index (χ3n) is 7.94. The highest BCUT2D eigenvalue weighted by Gasteiger charge is 2.59. The molecule has 2 aromatic rings. The van der Waals surface area contributed by atoms with Crippen LogP contribution in [0.25, 0.3) is 11.3 Å². The van der Waals surface area contributed by atoms with Crippen LogP contribution in [0.4, 0.5) is 19.0 Å². The van der Waals surface area contributed by atoms with Gasteiger partial charge < -0.3 is 10.5 Å². The molecule has 5 rings (SSSR count). The first kappa shape index (κ1) is 22.7. The second kappa shape index (κ2) is 8.27. The van der Waals surface area contributed by atoms with Gasteiger partial charge in [-0.25, -0.2) is 4.98 Å². The molecule has 6 atom stereocenters. The van der Waals surface area contributed by atoms with Gasteiger partial charge in [-0.3, -0.25) is 9.58 Å². The molecule has 33 heavy (non-hydrogen) atoms. The number of nitrogen functional groups attached to an aromatic ring is 1. The van der Waals surface area contributed by atoms with E-state index in [1.54, 1.807) is 0 Å². The Morgan fingerprint density at radius 2 is 1.97 bits per heavy atom. The van der Waals surface area contributed by atoms with Crippen molar-refractivity contribution in [2.24, 2.45) is 11.8 Å². The first-order valence-corrected chi connectivity index (χ1v) is 11.9. The highest BCUT2D eigenvalue weighted by Crippen LogP contribution is 2.64. The molecule has 0 amide bonds.